The van der Waals surface area contributed by atoms with Crippen molar-refractivity contribution in [2.24, 2.45) is 5.73 Å². The molecule has 116 valence electrons. The van der Waals surface area contributed by atoms with E-state index in [4.69, 9.17) is 5.73 Å². The first-order valence-corrected chi connectivity index (χ1v) is 6.79. The van der Waals surface area contributed by atoms with E-state index in [-0.39, 0.29) is 38.9 Å². The van der Waals surface area contributed by atoms with Crippen LogP contribution in [0.4, 0.5) is 8.78 Å². The minimum atomic E-state index is -0.708. The van der Waals surface area contributed by atoms with Gasteiger partial charge in [-0.2, -0.15) is 0 Å². The van der Waals surface area contributed by atoms with Crippen molar-refractivity contribution in [2.45, 2.75) is 6.92 Å². The number of fused-ring (bicyclic) bond motifs is 1. The molecular formula is C17H12F2N2O2. The van der Waals surface area contributed by atoms with Crippen molar-refractivity contribution in [3.8, 4) is 11.1 Å². The van der Waals surface area contributed by atoms with Crippen LogP contribution in [0.1, 0.15) is 27.6 Å². The highest BCUT2D eigenvalue weighted by Crippen LogP contribution is 2.30. The highest BCUT2D eigenvalue weighted by atomic mass is 19.1. The monoisotopic (exact) mass is 314 g/mol. The molecule has 0 saturated carbocycles. The fraction of sp³-hybridized carbons (Fsp3) is 0.0588. The highest BCUT2D eigenvalue weighted by molar-refractivity contribution is 6.07. The van der Waals surface area contributed by atoms with Crippen LogP contribution in [0.25, 0.3) is 22.0 Å². The maximum atomic E-state index is 14.2. The smallest absolute Gasteiger partial charge is 0.250 e. The van der Waals surface area contributed by atoms with Crippen LogP contribution in [0, 0.1) is 11.6 Å². The van der Waals surface area contributed by atoms with Gasteiger partial charge in [-0.05, 0) is 30.7 Å². The average molecular weight is 314 g/mol. The average Bonchev–Trinajstić information content (AvgIpc) is 2.91. The minimum Gasteiger partial charge on any atom is -0.366 e. The van der Waals surface area contributed by atoms with Crippen LogP contribution >= 0.6 is 0 Å². The lowest BCUT2D eigenvalue weighted by Crippen LogP contribution is -2.09. The van der Waals surface area contributed by atoms with Gasteiger partial charge in [0.15, 0.2) is 5.78 Å². The zero-order valence-corrected chi connectivity index (χ0v) is 12.1. The van der Waals surface area contributed by atoms with E-state index in [1.807, 2.05) is 0 Å². The summed E-state index contributed by atoms with van der Waals surface area (Å²) in [5.74, 6) is -2.24. The number of nitrogens with one attached hydrogen (secondary N) is 1. The van der Waals surface area contributed by atoms with Gasteiger partial charge in [0.2, 0.25) is 0 Å². The number of Topliss-reactive ketones (excluding diaryl/α,β-unsaturated/α-hetero) is 1. The molecule has 3 rings (SSSR count). The molecule has 2 aromatic carbocycles. The number of carbonyl (C=O) groups excluding carboxylic acids is 2. The van der Waals surface area contributed by atoms with Crippen molar-refractivity contribution in [2.75, 3.05) is 0 Å². The molecule has 0 fully saturated rings. The first kappa shape index (κ1) is 14.9. The van der Waals surface area contributed by atoms with Crippen LogP contribution in [-0.2, 0) is 0 Å². The molecule has 1 aromatic heterocycles. The second-order valence-corrected chi connectivity index (χ2v) is 5.20. The number of rotatable bonds is 3. The van der Waals surface area contributed by atoms with E-state index in [1.165, 1.54) is 31.3 Å². The second kappa shape index (κ2) is 5.31. The Kier molecular flexibility index (Phi) is 3.44. The Hall–Kier alpha value is -3.02. The van der Waals surface area contributed by atoms with Crippen molar-refractivity contribution in [1.29, 1.82) is 0 Å². The van der Waals surface area contributed by atoms with Gasteiger partial charge in [-0.3, -0.25) is 9.59 Å². The highest BCUT2D eigenvalue weighted by Gasteiger charge is 2.16. The standard InChI is InChI=1S/C17H12F2N2O2/c1-8(22)9-2-3-11(14(18)5-9)10-4-12-13(17(20)23)7-21-16(12)15(19)6-10/h2-7,21H,1H3,(H2,20,23). The normalized spacial score (nSPS) is 10.9. The summed E-state index contributed by atoms with van der Waals surface area (Å²) in [5, 5.41) is 0.280. The Morgan fingerprint density at radius 1 is 1.09 bits per heavy atom. The molecule has 6 heteroatoms. The summed E-state index contributed by atoms with van der Waals surface area (Å²) < 4.78 is 28.4. The van der Waals surface area contributed by atoms with Gasteiger partial charge in [-0.15, -0.1) is 0 Å². The topological polar surface area (TPSA) is 75.9 Å². The Labute approximate surface area is 129 Å². The number of hydrogen-bond donors (Lipinski definition) is 2. The van der Waals surface area contributed by atoms with Gasteiger partial charge < -0.3 is 10.7 Å². The summed E-state index contributed by atoms with van der Waals surface area (Å²) in [6.07, 6.45) is 1.31. The van der Waals surface area contributed by atoms with Crippen LogP contribution in [0.15, 0.2) is 36.5 Å². The number of aromatic amines is 1. The van der Waals surface area contributed by atoms with Crippen molar-refractivity contribution < 1.29 is 18.4 Å². The second-order valence-electron chi connectivity index (χ2n) is 5.20. The molecule has 1 amide bonds. The van der Waals surface area contributed by atoms with Crippen molar-refractivity contribution in [3.63, 3.8) is 0 Å². The van der Waals surface area contributed by atoms with E-state index in [0.29, 0.717) is 0 Å². The maximum Gasteiger partial charge on any atom is 0.250 e. The third kappa shape index (κ3) is 2.48. The molecule has 23 heavy (non-hydrogen) atoms. The van der Waals surface area contributed by atoms with Crippen LogP contribution in [0.3, 0.4) is 0 Å². The zero-order valence-electron chi connectivity index (χ0n) is 12.1. The molecule has 0 aliphatic carbocycles. The van der Waals surface area contributed by atoms with Gasteiger partial charge in [0, 0.05) is 22.7 Å². The maximum absolute atomic E-state index is 14.2. The summed E-state index contributed by atoms with van der Waals surface area (Å²) in [6.45, 7) is 1.33. The summed E-state index contributed by atoms with van der Waals surface area (Å²) >= 11 is 0. The predicted molar refractivity (Wildman–Crippen MR) is 82.2 cm³/mol. The van der Waals surface area contributed by atoms with Crippen LogP contribution in [0.5, 0.6) is 0 Å². The number of carbonyl (C=O) groups is 2. The third-order valence-corrected chi connectivity index (χ3v) is 3.69. The number of aromatic nitrogens is 1. The van der Waals surface area contributed by atoms with Gasteiger partial charge in [0.25, 0.3) is 5.91 Å². The molecule has 1 heterocycles. The summed E-state index contributed by atoms with van der Waals surface area (Å²) in [5.41, 5.74) is 6.12. The Bertz CT molecular complexity index is 961. The molecule has 0 aliphatic rings. The summed E-state index contributed by atoms with van der Waals surface area (Å²) in [6, 6.07) is 6.63. The molecule has 4 nitrogen and oxygen atoms in total. The molecular weight excluding hydrogens is 302 g/mol. The van der Waals surface area contributed by atoms with Crippen molar-refractivity contribution in [3.05, 3.63) is 59.3 Å². The van der Waals surface area contributed by atoms with Crippen LogP contribution < -0.4 is 5.73 Å². The van der Waals surface area contributed by atoms with E-state index < -0.39 is 17.5 Å². The lowest BCUT2D eigenvalue weighted by molar-refractivity contribution is 0.0997. The van der Waals surface area contributed by atoms with Gasteiger partial charge >= 0.3 is 0 Å². The van der Waals surface area contributed by atoms with Gasteiger partial charge in [0.1, 0.15) is 11.6 Å². The Morgan fingerprint density at radius 2 is 1.83 bits per heavy atom. The largest absolute Gasteiger partial charge is 0.366 e. The number of H-pyrrole nitrogens is 1. The molecule has 0 aliphatic heterocycles. The molecule has 0 atom stereocenters. The van der Waals surface area contributed by atoms with E-state index in [1.54, 1.807) is 0 Å². The predicted octanol–water partition coefficient (Wildman–Crippen LogP) is 3.41. The fourth-order valence-corrected chi connectivity index (χ4v) is 2.52. The number of benzene rings is 2. The fourth-order valence-electron chi connectivity index (χ4n) is 2.52. The molecule has 3 N–H and O–H groups in total. The van der Waals surface area contributed by atoms with Gasteiger partial charge in [-0.25, -0.2) is 8.78 Å². The molecule has 0 saturated heterocycles. The number of primary amides is 1. The van der Waals surface area contributed by atoms with Gasteiger partial charge in [-0.1, -0.05) is 12.1 Å². The van der Waals surface area contributed by atoms with E-state index in [9.17, 15) is 18.4 Å². The number of hydrogen-bond acceptors (Lipinski definition) is 2. The van der Waals surface area contributed by atoms with E-state index in [2.05, 4.69) is 4.98 Å². The summed E-state index contributed by atoms with van der Waals surface area (Å²) in [4.78, 5) is 25.3. The number of nitrogens with two attached hydrogens (primary N) is 1. The molecule has 0 bridgehead atoms. The Balaban J connectivity index is 2.22. The lowest BCUT2D eigenvalue weighted by atomic mass is 9.99. The quantitative estimate of drug-likeness (QED) is 0.727. The first-order chi connectivity index (χ1) is 10.9. The lowest BCUT2D eigenvalue weighted by Gasteiger charge is -2.07. The van der Waals surface area contributed by atoms with Crippen molar-refractivity contribution in [1.82, 2.24) is 4.98 Å². The van der Waals surface area contributed by atoms with Crippen molar-refractivity contribution >= 4 is 22.6 Å². The third-order valence-electron chi connectivity index (χ3n) is 3.69. The van der Waals surface area contributed by atoms with Crippen LogP contribution in [0.2, 0.25) is 0 Å². The van der Waals surface area contributed by atoms with E-state index >= 15 is 0 Å². The van der Waals surface area contributed by atoms with Gasteiger partial charge in [0.05, 0.1) is 11.1 Å². The molecule has 3 aromatic rings. The minimum absolute atomic E-state index is 0.126. The van der Waals surface area contributed by atoms with E-state index in [0.717, 1.165) is 12.1 Å². The summed E-state index contributed by atoms with van der Waals surface area (Å²) in [7, 11) is 0. The molecule has 0 unspecified atom stereocenters. The SMILES string of the molecule is CC(=O)c1ccc(-c2cc(F)c3[nH]cc(C(N)=O)c3c2)c(F)c1. The molecule has 0 spiro atoms. The van der Waals surface area contributed by atoms with Crippen LogP contribution in [-0.4, -0.2) is 16.7 Å². The number of ketones is 1. The number of halogens is 2. The Morgan fingerprint density at radius 3 is 2.43 bits per heavy atom. The zero-order chi connectivity index (χ0) is 16.7. The number of amides is 1. The molecule has 0 radical (unpaired) electrons. The first-order valence-electron chi connectivity index (χ1n) is 6.79.